The second kappa shape index (κ2) is 8.87. The third-order valence-corrected chi connectivity index (χ3v) is 5.68. The Morgan fingerprint density at radius 2 is 2.39 bits per heavy atom. The highest BCUT2D eigenvalue weighted by atomic mass is 32.1. The number of rotatable bonds is 9. The first-order chi connectivity index (χ1) is 13.5. The van der Waals surface area contributed by atoms with E-state index in [2.05, 4.69) is 42.3 Å². The molecule has 0 aliphatic carbocycles. The third-order valence-electron chi connectivity index (χ3n) is 4.35. The van der Waals surface area contributed by atoms with E-state index in [4.69, 9.17) is 9.57 Å². The van der Waals surface area contributed by atoms with Gasteiger partial charge in [-0.15, -0.1) is 11.3 Å². The molecule has 2 aromatic rings. The topological polar surface area (TPSA) is 96.3 Å². The first-order valence-electron chi connectivity index (χ1n) is 8.95. The van der Waals surface area contributed by atoms with Crippen molar-refractivity contribution in [3.8, 4) is 22.4 Å². The highest BCUT2D eigenvalue weighted by Gasteiger charge is 2.26. The molecule has 3 rings (SSSR count). The Bertz CT molecular complexity index is 930. The van der Waals surface area contributed by atoms with Crippen LogP contribution in [0.25, 0.3) is 10.6 Å². The number of nitrogens with one attached hydrogen (secondary N) is 2. The lowest BCUT2D eigenvalue weighted by Crippen LogP contribution is -2.17. The average molecular weight is 398 g/mol. The smallest absolute Gasteiger partial charge is 0.230 e. The Morgan fingerprint density at radius 3 is 3.07 bits per heavy atom. The van der Waals surface area contributed by atoms with Crippen LogP contribution in [0.15, 0.2) is 24.4 Å². The molecular formula is C20H22N4O3S. The van der Waals surface area contributed by atoms with Gasteiger partial charge in [0.1, 0.15) is 16.8 Å². The zero-order valence-corrected chi connectivity index (χ0v) is 16.7. The van der Waals surface area contributed by atoms with Gasteiger partial charge in [0.2, 0.25) is 6.41 Å². The predicted octanol–water partition coefficient (Wildman–Crippen LogP) is 3.39. The maximum Gasteiger partial charge on any atom is 0.230 e. The zero-order valence-electron chi connectivity index (χ0n) is 15.9. The number of carbonyl (C=O) groups is 1. The lowest BCUT2D eigenvalue weighted by molar-refractivity contribution is -0.119. The Hall–Kier alpha value is -2.89. The number of anilines is 1. The lowest BCUT2D eigenvalue weighted by atomic mass is 9.99. The van der Waals surface area contributed by atoms with Gasteiger partial charge in [-0.2, -0.15) is 5.26 Å². The Kier molecular flexibility index (Phi) is 6.29. The first-order valence-corrected chi connectivity index (χ1v) is 9.77. The molecule has 2 heterocycles. The molecule has 8 heteroatoms. The van der Waals surface area contributed by atoms with Crippen molar-refractivity contribution in [2.75, 3.05) is 25.1 Å². The van der Waals surface area contributed by atoms with Crippen molar-refractivity contribution in [2.45, 2.75) is 26.2 Å². The van der Waals surface area contributed by atoms with Gasteiger partial charge in [0.15, 0.2) is 0 Å². The second-order valence-corrected chi connectivity index (χ2v) is 7.78. The number of nitriles is 1. The normalized spacial score (nSPS) is 12.2. The summed E-state index contributed by atoms with van der Waals surface area (Å²) in [5.74, 6) is 1.16. The summed E-state index contributed by atoms with van der Waals surface area (Å²) >= 11 is 1.64. The van der Waals surface area contributed by atoms with Gasteiger partial charge in [-0.05, 0) is 17.6 Å². The maximum absolute atomic E-state index is 10.2. The van der Waals surface area contributed by atoms with E-state index < -0.39 is 0 Å². The molecule has 0 spiro atoms. The molecule has 1 aliphatic heterocycles. The molecule has 2 N–H and O–H groups in total. The van der Waals surface area contributed by atoms with E-state index in [0.717, 1.165) is 27.5 Å². The average Bonchev–Trinajstić information content (AvgIpc) is 3.35. The highest BCUT2D eigenvalue weighted by Crippen LogP contribution is 2.44. The van der Waals surface area contributed by atoms with Gasteiger partial charge >= 0.3 is 0 Å². The molecule has 0 saturated carbocycles. The molecule has 0 unspecified atom stereocenters. The number of amides is 1. The number of benzene rings is 1. The van der Waals surface area contributed by atoms with Gasteiger partial charge in [-0.25, -0.2) is 10.5 Å². The Balaban J connectivity index is 1.90. The fourth-order valence-corrected chi connectivity index (χ4v) is 3.86. The summed E-state index contributed by atoms with van der Waals surface area (Å²) in [5, 5.41) is 13.8. The number of carbonyl (C=O) groups excluding carboxylic acids is 1. The van der Waals surface area contributed by atoms with Crippen molar-refractivity contribution in [1.29, 1.82) is 5.26 Å². The van der Waals surface area contributed by atoms with Crippen LogP contribution in [0.2, 0.25) is 0 Å². The summed E-state index contributed by atoms with van der Waals surface area (Å²) in [7, 11) is 0. The van der Waals surface area contributed by atoms with Gasteiger partial charge in [0.25, 0.3) is 0 Å². The van der Waals surface area contributed by atoms with Crippen LogP contribution >= 0.6 is 11.3 Å². The van der Waals surface area contributed by atoms with E-state index in [9.17, 15) is 10.1 Å². The zero-order chi connectivity index (χ0) is 20.1. The molecule has 28 heavy (non-hydrogen) atoms. The quantitative estimate of drug-likeness (QED) is 0.291. The predicted molar refractivity (Wildman–Crippen MR) is 108 cm³/mol. The molecule has 1 aromatic heterocycles. The maximum atomic E-state index is 10.2. The Labute approximate surface area is 168 Å². The summed E-state index contributed by atoms with van der Waals surface area (Å²) in [6, 6.07) is 4.22. The Morgan fingerprint density at radius 1 is 1.57 bits per heavy atom. The molecule has 0 radical (unpaired) electrons. The standard InChI is InChI=1S/C20H22N4O3S/c1-12(2)18-9-23-20(28-18)15-6-17(22-8-13(3)10-27-24-11-25)16(7-21)14-4-5-26-19(14)15/h6,9,11-12,22H,3-5,8,10H2,1-2H3,(H,24,25). The van der Waals surface area contributed by atoms with E-state index in [1.54, 1.807) is 11.3 Å². The van der Waals surface area contributed by atoms with Crippen molar-refractivity contribution in [3.05, 3.63) is 40.4 Å². The molecule has 0 bridgehead atoms. The van der Waals surface area contributed by atoms with Crippen molar-refractivity contribution in [2.24, 2.45) is 0 Å². The molecule has 1 aromatic carbocycles. The minimum Gasteiger partial charge on any atom is -0.492 e. The van der Waals surface area contributed by atoms with Gasteiger partial charge < -0.3 is 10.1 Å². The fourth-order valence-electron chi connectivity index (χ4n) is 2.93. The molecule has 7 nitrogen and oxygen atoms in total. The summed E-state index contributed by atoms with van der Waals surface area (Å²) in [6.07, 6.45) is 3.05. The van der Waals surface area contributed by atoms with Crippen molar-refractivity contribution >= 4 is 23.4 Å². The largest absolute Gasteiger partial charge is 0.492 e. The lowest BCUT2D eigenvalue weighted by Gasteiger charge is -2.15. The van der Waals surface area contributed by atoms with E-state index in [1.165, 1.54) is 4.88 Å². The number of hydrogen-bond acceptors (Lipinski definition) is 7. The van der Waals surface area contributed by atoms with Crippen LogP contribution in [-0.4, -0.2) is 31.2 Å². The van der Waals surface area contributed by atoms with Gasteiger partial charge in [-0.3, -0.25) is 9.63 Å². The number of nitrogens with zero attached hydrogens (tertiary/aromatic N) is 2. The van der Waals surface area contributed by atoms with Gasteiger partial charge in [0.05, 0.1) is 30.0 Å². The van der Waals surface area contributed by atoms with E-state index in [0.29, 0.717) is 43.2 Å². The van der Waals surface area contributed by atoms with Crippen LogP contribution in [0.4, 0.5) is 5.69 Å². The van der Waals surface area contributed by atoms with Crippen LogP contribution in [0.1, 0.15) is 35.8 Å². The fraction of sp³-hybridized carbons (Fsp3) is 0.350. The number of fused-ring (bicyclic) bond motifs is 1. The van der Waals surface area contributed by atoms with Crippen LogP contribution in [-0.2, 0) is 16.1 Å². The molecule has 1 amide bonds. The summed E-state index contributed by atoms with van der Waals surface area (Å²) in [4.78, 5) is 20.9. The van der Waals surface area contributed by atoms with E-state index in [1.807, 2.05) is 12.3 Å². The monoisotopic (exact) mass is 398 g/mol. The molecule has 146 valence electrons. The molecular weight excluding hydrogens is 376 g/mol. The minimum atomic E-state index is 0.179. The SMILES string of the molecule is C=C(CNc1cc(-c2ncc(C(C)C)s2)c2c(c1C#N)CCO2)CONC=O. The highest BCUT2D eigenvalue weighted by molar-refractivity contribution is 7.15. The number of hydroxylamine groups is 1. The summed E-state index contributed by atoms with van der Waals surface area (Å²) < 4.78 is 5.85. The summed E-state index contributed by atoms with van der Waals surface area (Å²) in [6.45, 7) is 9.33. The van der Waals surface area contributed by atoms with Crippen LogP contribution < -0.4 is 15.5 Å². The van der Waals surface area contributed by atoms with Crippen LogP contribution in [0.5, 0.6) is 5.75 Å². The van der Waals surface area contributed by atoms with Crippen LogP contribution in [0, 0.1) is 11.3 Å². The van der Waals surface area contributed by atoms with E-state index in [-0.39, 0.29) is 6.61 Å². The minimum absolute atomic E-state index is 0.179. The van der Waals surface area contributed by atoms with Gasteiger partial charge in [-0.1, -0.05) is 20.4 Å². The van der Waals surface area contributed by atoms with E-state index >= 15 is 0 Å². The van der Waals surface area contributed by atoms with Crippen molar-refractivity contribution in [3.63, 3.8) is 0 Å². The van der Waals surface area contributed by atoms with Gasteiger partial charge in [0, 0.05) is 29.6 Å². The number of hydrogen-bond donors (Lipinski definition) is 2. The third kappa shape index (κ3) is 4.16. The molecule has 0 atom stereocenters. The number of thiazole rings is 1. The molecule has 1 aliphatic rings. The second-order valence-electron chi connectivity index (χ2n) is 6.72. The number of ether oxygens (including phenoxy) is 1. The first kappa shape index (κ1) is 19.9. The van der Waals surface area contributed by atoms with Crippen molar-refractivity contribution < 1.29 is 14.4 Å². The molecule has 0 saturated heterocycles. The van der Waals surface area contributed by atoms with Crippen LogP contribution in [0.3, 0.4) is 0 Å². The number of aromatic nitrogens is 1. The van der Waals surface area contributed by atoms with Crippen molar-refractivity contribution in [1.82, 2.24) is 10.5 Å². The summed E-state index contributed by atoms with van der Waals surface area (Å²) in [5.41, 5.74) is 5.96. The molecule has 0 fully saturated rings.